The van der Waals surface area contributed by atoms with Crippen molar-refractivity contribution in [2.75, 3.05) is 32.6 Å². The van der Waals surface area contributed by atoms with E-state index in [-0.39, 0.29) is 17.6 Å². The number of fused-ring (bicyclic) bond motifs is 1. The van der Waals surface area contributed by atoms with Gasteiger partial charge < -0.3 is 14.4 Å². The predicted octanol–water partition coefficient (Wildman–Crippen LogP) is 1.84. The second-order valence-corrected chi connectivity index (χ2v) is 10.8. The van der Waals surface area contributed by atoms with Crippen LogP contribution in [0.1, 0.15) is 44.0 Å². The maximum Gasteiger partial charge on any atom is 0.241 e. The first kappa shape index (κ1) is 22.6. The van der Waals surface area contributed by atoms with Crippen LogP contribution < -0.4 is 14.2 Å². The van der Waals surface area contributed by atoms with Crippen LogP contribution in [-0.4, -0.2) is 63.6 Å². The molecule has 2 aliphatic heterocycles. The average molecular weight is 439 g/mol. The molecule has 0 aliphatic carbocycles. The molecule has 8 nitrogen and oxygen atoms in total. The van der Waals surface area contributed by atoms with E-state index in [0.717, 1.165) is 6.26 Å². The summed E-state index contributed by atoms with van der Waals surface area (Å²) in [6, 6.07) is 4.38. The number of ether oxygens (including phenoxy) is 2. The number of hydrogen-bond donors (Lipinski definition) is 1. The number of hydrogen-bond acceptors (Lipinski definition) is 6. The zero-order valence-corrected chi connectivity index (χ0v) is 18.8. The predicted molar refractivity (Wildman–Crippen MR) is 112 cm³/mol. The Bertz CT molecular complexity index is 914. The SMILES string of the molecule is CC(C)(C)C(NS(C)(=O)=O)C(=O)N1CCC(C(=O)c2ccc3c(c2)OCCO3)CC1. The van der Waals surface area contributed by atoms with E-state index in [0.29, 0.717) is 56.2 Å². The zero-order chi connectivity index (χ0) is 22.1. The summed E-state index contributed by atoms with van der Waals surface area (Å²) < 4.78 is 37.0. The van der Waals surface area contributed by atoms with Crippen molar-refractivity contribution in [3.8, 4) is 11.5 Å². The van der Waals surface area contributed by atoms with Gasteiger partial charge >= 0.3 is 0 Å². The van der Waals surface area contributed by atoms with Gasteiger partial charge in [0.05, 0.1) is 6.26 Å². The first-order valence-electron chi connectivity index (χ1n) is 10.2. The van der Waals surface area contributed by atoms with Crippen LogP contribution >= 0.6 is 0 Å². The Hall–Kier alpha value is -2.13. The molecular weight excluding hydrogens is 408 g/mol. The number of piperidine rings is 1. The van der Waals surface area contributed by atoms with E-state index in [9.17, 15) is 18.0 Å². The molecule has 0 spiro atoms. The molecule has 1 aromatic carbocycles. The van der Waals surface area contributed by atoms with Crippen molar-refractivity contribution in [3.05, 3.63) is 23.8 Å². The Kier molecular flexibility index (Phi) is 6.43. The fraction of sp³-hybridized carbons (Fsp3) is 0.619. The Balaban J connectivity index is 1.65. The zero-order valence-electron chi connectivity index (χ0n) is 17.9. The topological polar surface area (TPSA) is 102 Å². The maximum absolute atomic E-state index is 13.0. The van der Waals surface area contributed by atoms with Gasteiger partial charge in [-0.2, -0.15) is 0 Å². The van der Waals surface area contributed by atoms with Gasteiger partial charge in [-0.15, -0.1) is 0 Å². The van der Waals surface area contributed by atoms with Gasteiger partial charge in [-0.1, -0.05) is 20.8 Å². The van der Waals surface area contributed by atoms with Crippen LogP contribution in [0, 0.1) is 11.3 Å². The fourth-order valence-electron chi connectivity index (χ4n) is 3.79. The summed E-state index contributed by atoms with van der Waals surface area (Å²) >= 11 is 0. The molecule has 1 saturated heterocycles. The van der Waals surface area contributed by atoms with Crippen LogP contribution in [0.25, 0.3) is 0 Å². The highest BCUT2D eigenvalue weighted by Gasteiger charge is 2.38. The molecule has 3 rings (SSSR count). The first-order chi connectivity index (χ1) is 14.0. The number of nitrogens with zero attached hydrogens (tertiary/aromatic N) is 1. The van der Waals surface area contributed by atoms with E-state index in [1.807, 2.05) is 20.8 Å². The lowest BCUT2D eigenvalue weighted by atomic mass is 9.85. The molecular formula is C21H30N2O6S. The van der Waals surface area contributed by atoms with Crippen LogP contribution in [0.5, 0.6) is 11.5 Å². The number of carbonyl (C=O) groups is 2. The van der Waals surface area contributed by atoms with Gasteiger partial charge in [0.15, 0.2) is 17.3 Å². The highest BCUT2D eigenvalue weighted by Crippen LogP contribution is 2.33. The first-order valence-corrected chi connectivity index (χ1v) is 12.0. The van der Waals surface area contributed by atoms with E-state index in [1.54, 1.807) is 23.1 Å². The Morgan fingerprint density at radius 3 is 2.27 bits per heavy atom. The minimum Gasteiger partial charge on any atom is -0.486 e. The van der Waals surface area contributed by atoms with Crippen molar-refractivity contribution in [1.29, 1.82) is 0 Å². The molecule has 9 heteroatoms. The number of amides is 1. The van der Waals surface area contributed by atoms with E-state index in [2.05, 4.69) is 4.72 Å². The number of benzene rings is 1. The average Bonchev–Trinajstić information content (AvgIpc) is 2.69. The molecule has 166 valence electrons. The standard InChI is InChI=1S/C21H30N2O6S/c1-21(2,3)19(22-30(4,26)27)20(25)23-9-7-14(8-10-23)18(24)15-5-6-16-17(13-15)29-12-11-28-16/h5-6,13-14,19,22H,7-12H2,1-4H3. The normalized spacial score (nSPS) is 18.7. The van der Waals surface area contributed by atoms with Crippen LogP contribution in [0.4, 0.5) is 0 Å². The fourth-order valence-corrected chi connectivity index (χ4v) is 4.67. The largest absolute Gasteiger partial charge is 0.486 e. The van der Waals surface area contributed by atoms with Gasteiger partial charge in [0.25, 0.3) is 0 Å². The molecule has 1 aromatic rings. The van der Waals surface area contributed by atoms with E-state index in [1.165, 1.54) is 0 Å². The molecule has 0 bridgehead atoms. The third kappa shape index (κ3) is 5.31. The molecule has 1 fully saturated rings. The number of Topliss-reactive ketones (excluding diaryl/α,β-unsaturated/α-hetero) is 1. The van der Waals surface area contributed by atoms with Gasteiger partial charge in [0, 0.05) is 24.6 Å². The minimum atomic E-state index is -3.53. The number of ketones is 1. The number of likely N-dealkylation sites (tertiary alicyclic amines) is 1. The highest BCUT2D eigenvalue weighted by molar-refractivity contribution is 7.88. The van der Waals surface area contributed by atoms with E-state index in [4.69, 9.17) is 9.47 Å². The summed E-state index contributed by atoms with van der Waals surface area (Å²) in [5.74, 6) is 0.816. The molecule has 2 aliphatic rings. The quantitative estimate of drug-likeness (QED) is 0.704. The Labute approximate surface area is 178 Å². The number of rotatable bonds is 5. The summed E-state index contributed by atoms with van der Waals surface area (Å²) in [5, 5.41) is 0. The summed E-state index contributed by atoms with van der Waals surface area (Å²) in [6.45, 7) is 7.26. The van der Waals surface area contributed by atoms with Crippen LogP contribution in [0.2, 0.25) is 0 Å². The van der Waals surface area contributed by atoms with Crippen molar-refractivity contribution in [1.82, 2.24) is 9.62 Å². The number of nitrogens with one attached hydrogen (secondary N) is 1. The van der Waals surface area contributed by atoms with Crippen LogP contribution in [-0.2, 0) is 14.8 Å². The van der Waals surface area contributed by atoms with Crippen molar-refractivity contribution in [2.24, 2.45) is 11.3 Å². The lowest BCUT2D eigenvalue weighted by Gasteiger charge is -2.37. The molecule has 1 amide bonds. The molecule has 1 unspecified atom stereocenters. The van der Waals surface area contributed by atoms with Crippen molar-refractivity contribution >= 4 is 21.7 Å². The van der Waals surface area contributed by atoms with E-state index < -0.39 is 21.5 Å². The molecule has 0 saturated carbocycles. The second kappa shape index (κ2) is 8.55. The summed E-state index contributed by atoms with van der Waals surface area (Å²) in [5.41, 5.74) is 0.00762. The lowest BCUT2D eigenvalue weighted by Crippen LogP contribution is -2.56. The Morgan fingerprint density at radius 1 is 1.10 bits per heavy atom. The van der Waals surface area contributed by atoms with Crippen molar-refractivity contribution in [2.45, 2.75) is 39.7 Å². The minimum absolute atomic E-state index is 0.0284. The van der Waals surface area contributed by atoms with E-state index >= 15 is 0 Å². The third-order valence-corrected chi connectivity index (χ3v) is 6.11. The molecule has 30 heavy (non-hydrogen) atoms. The molecule has 0 aromatic heterocycles. The summed E-state index contributed by atoms with van der Waals surface area (Å²) in [6.07, 6.45) is 2.13. The Morgan fingerprint density at radius 2 is 1.70 bits per heavy atom. The third-order valence-electron chi connectivity index (χ3n) is 5.45. The smallest absolute Gasteiger partial charge is 0.241 e. The van der Waals surface area contributed by atoms with Crippen molar-refractivity contribution in [3.63, 3.8) is 0 Å². The van der Waals surface area contributed by atoms with Crippen LogP contribution in [0.15, 0.2) is 18.2 Å². The summed E-state index contributed by atoms with van der Waals surface area (Å²) in [7, 11) is -3.53. The highest BCUT2D eigenvalue weighted by atomic mass is 32.2. The monoisotopic (exact) mass is 438 g/mol. The lowest BCUT2D eigenvalue weighted by molar-refractivity contribution is -0.136. The van der Waals surface area contributed by atoms with Crippen molar-refractivity contribution < 1.29 is 27.5 Å². The van der Waals surface area contributed by atoms with Gasteiger partial charge in [0.2, 0.25) is 15.9 Å². The van der Waals surface area contributed by atoms with Gasteiger partial charge in [-0.25, -0.2) is 13.1 Å². The molecule has 1 N–H and O–H groups in total. The van der Waals surface area contributed by atoms with Gasteiger partial charge in [-0.05, 0) is 36.5 Å². The maximum atomic E-state index is 13.0. The number of carbonyl (C=O) groups excluding carboxylic acids is 2. The van der Waals surface area contributed by atoms with Gasteiger partial charge in [-0.3, -0.25) is 9.59 Å². The summed E-state index contributed by atoms with van der Waals surface area (Å²) in [4.78, 5) is 27.6. The number of sulfonamides is 1. The molecule has 2 heterocycles. The second-order valence-electron chi connectivity index (χ2n) is 9.01. The molecule has 0 radical (unpaired) electrons. The van der Waals surface area contributed by atoms with Crippen LogP contribution in [0.3, 0.4) is 0 Å². The van der Waals surface area contributed by atoms with Gasteiger partial charge in [0.1, 0.15) is 19.3 Å². The molecule has 1 atom stereocenters.